The predicted molar refractivity (Wildman–Crippen MR) is 131 cm³/mol. The molecule has 1 heterocycles. The Kier molecular flexibility index (Phi) is 6.67. The van der Waals surface area contributed by atoms with Crippen LogP contribution in [0.25, 0.3) is 10.9 Å². The number of anilines is 4. The SMILES string of the molecule is COc1cc(Nc2ncnc3c(NC(=O)Nc4ccc(Cl)c(Cl)c4)cccc23)cc(OC)c1. The smallest absolute Gasteiger partial charge is 0.323 e. The van der Waals surface area contributed by atoms with E-state index in [0.717, 1.165) is 5.69 Å². The van der Waals surface area contributed by atoms with E-state index in [2.05, 4.69) is 25.9 Å². The van der Waals surface area contributed by atoms with Gasteiger partial charge in [0.05, 0.1) is 35.5 Å². The van der Waals surface area contributed by atoms with Crippen LogP contribution >= 0.6 is 23.2 Å². The van der Waals surface area contributed by atoms with Crippen molar-refractivity contribution in [1.29, 1.82) is 0 Å². The number of amides is 2. The number of benzene rings is 3. The zero-order valence-corrected chi connectivity index (χ0v) is 19.2. The average Bonchev–Trinajstić information content (AvgIpc) is 2.81. The van der Waals surface area contributed by atoms with E-state index in [1.807, 2.05) is 18.2 Å². The Morgan fingerprint density at radius 3 is 2.30 bits per heavy atom. The molecule has 4 aromatic rings. The minimum Gasteiger partial charge on any atom is -0.497 e. The summed E-state index contributed by atoms with van der Waals surface area (Å²) in [4.78, 5) is 21.3. The van der Waals surface area contributed by atoms with Gasteiger partial charge in [-0.1, -0.05) is 29.3 Å². The van der Waals surface area contributed by atoms with E-state index in [9.17, 15) is 4.79 Å². The molecule has 0 atom stereocenters. The summed E-state index contributed by atoms with van der Waals surface area (Å²) in [5, 5.41) is 10.3. The van der Waals surface area contributed by atoms with Crippen LogP contribution in [0.1, 0.15) is 0 Å². The van der Waals surface area contributed by atoms with Gasteiger partial charge in [0.2, 0.25) is 0 Å². The van der Waals surface area contributed by atoms with Crippen molar-refractivity contribution >= 4 is 63.0 Å². The number of nitrogens with one attached hydrogen (secondary N) is 3. The lowest BCUT2D eigenvalue weighted by atomic mass is 10.2. The molecule has 0 bridgehead atoms. The lowest BCUT2D eigenvalue weighted by Gasteiger charge is -2.13. The summed E-state index contributed by atoms with van der Waals surface area (Å²) < 4.78 is 10.7. The van der Waals surface area contributed by atoms with Crippen molar-refractivity contribution in [3.8, 4) is 11.5 Å². The third-order valence-corrected chi connectivity index (χ3v) is 5.44. The minimum absolute atomic E-state index is 0.345. The minimum atomic E-state index is -0.452. The summed E-state index contributed by atoms with van der Waals surface area (Å²) in [6, 6.07) is 15.2. The van der Waals surface area contributed by atoms with Gasteiger partial charge >= 0.3 is 6.03 Å². The number of urea groups is 1. The first-order chi connectivity index (χ1) is 16.0. The maximum atomic E-state index is 12.6. The molecule has 0 fully saturated rings. The highest BCUT2D eigenvalue weighted by Crippen LogP contribution is 2.31. The number of hydrogen-bond donors (Lipinski definition) is 3. The zero-order chi connectivity index (χ0) is 23.4. The van der Waals surface area contributed by atoms with Crippen LogP contribution in [0.15, 0.2) is 60.9 Å². The van der Waals surface area contributed by atoms with Gasteiger partial charge in [-0.25, -0.2) is 14.8 Å². The second-order valence-electron chi connectivity index (χ2n) is 6.86. The molecule has 10 heteroatoms. The van der Waals surface area contributed by atoms with Gasteiger partial charge in [0.25, 0.3) is 0 Å². The fourth-order valence-electron chi connectivity index (χ4n) is 3.16. The number of hydrogen-bond acceptors (Lipinski definition) is 6. The number of aromatic nitrogens is 2. The summed E-state index contributed by atoms with van der Waals surface area (Å²) in [7, 11) is 3.17. The lowest BCUT2D eigenvalue weighted by Crippen LogP contribution is -2.19. The standard InChI is InChI=1S/C23H19Cl2N5O3/c1-32-15-8-14(9-16(11-15)33-2)28-22-17-4-3-5-20(21(17)26-12-27-22)30-23(31)29-13-6-7-18(24)19(25)10-13/h3-12H,1-2H3,(H,26,27,28)(H2,29,30,31). The van der Waals surface area contributed by atoms with Gasteiger partial charge in [-0.2, -0.15) is 0 Å². The first kappa shape index (κ1) is 22.4. The number of methoxy groups -OCH3 is 2. The maximum Gasteiger partial charge on any atom is 0.323 e. The first-order valence-corrected chi connectivity index (χ1v) is 10.5. The Labute approximate surface area is 199 Å². The summed E-state index contributed by atoms with van der Waals surface area (Å²) >= 11 is 11.9. The molecule has 0 radical (unpaired) electrons. The van der Waals surface area contributed by atoms with Crippen molar-refractivity contribution in [3.05, 3.63) is 71.0 Å². The fraction of sp³-hybridized carbons (Fsp3) is 0.0870. The number of halogens is 2. The monoisotopic (exact) mass is 483 g/mol. The Morgan fingerprint density at radius 2 is 1.61 bits per heavy atom. The van der Waals surface area contributed by atoms with E-state index in [1.165, 1.54) is 6.33 Å². The second-order valence-corrected chi connectivity index (χ2v) is 7.67. The van der Waals surface area contributed by atoms with E-state index in [0.29, 0.717) is 49.6 Å². The molecule has 33 heavy (non-hydrogen) atoms. The third kappa shape index (κ3) is 5.19. The number of para-hydroxylation sites is 1. The van der Waals surface area contributed by atoms with Crippen LogP contribution in [-0.4, -0.2) is 30.2 Å². The summed E-state index contributed by atoms with van der Waals surface area (Å²) in [5.41, 5.74) is 2.31. The highest BCUT2D eigenvalue weighted by Gasteiger charge is 2.12. The van der Waals surface area contributed by atoms with Crippen LogP contribution in [0.4, 0.5) is 27.7 Å². The van der Waals surface area contributed by atoms with Gasteiger partial charge < -0.3 is 25.4 Å². The number of nitrogens with zero attached hydrogens (tertiary/aromatic N) is 2. The van der Waals surface area contributed by atoms with Crippen LogP contribution in [0.3, 0.4) is 0 Å². The molecule has 3 aromatic carbocycles. The molecular formula is C23H19Cl2N5O3. The number of ether oxygens (including phenoxy) is 2. The number of carbonyl (C=O) groups excluding carboxylic acids is 1. The van der Waals surface area contributed by atoms with Gasteiger partial charge in [0.15, 0.2) is 0 Å². The second kappa shape index (κ2) is 9.81. The Hall–Kier alpha value is -3.75. The molecule has 0 saturated heterocycles. The number of fused-ring (bicyclic) bond motifs is 1. The van der Waals surface area contributed by atoms with Crippen molar-refractivity contribution < 1.29 is 14.3 Å². The van der Waals surface area contributed by atoms with E-state index in [4.69, 9.17) is 32.7 Å². The van der Waals surface area contributed by atoms with Crippen molar-refractivity contribution in [2.45, 2.75) is 0 Å². The molecular weight excluding hydrogens is 465 g/mol. The van der Waals surface area contributed by atoms with Gasteiger partial charge in [0, 0.05) is 35.0 Å². The van der Waals surface area contributed by atoms with E-state index in [1.54, 1.807) is 50.6 Å². The molecule has 0 aliphatic rings. The van der Waals surface area contributed by atoms with E-state index >= 15 is 0 Å². The van der Waals surface area contributed by atoms with Crippen LogP contribution in [0.5, 0.6) is 11.5 Å². The van der Waals surface area contributed by atoms with Crippen LogP contribution < -0.4 is 25.4 Å². The zero-order valence-electron chi connectivity index (χ0n) is 17.6. The van der Waals surface area contributed by atoms with E-state index in [-0.39, 0.29) is 0 Å². The lowest BCUT2D eigenvalue weighted by molar-refractivity contribution is 0.262. The van der Waals surface area contributed by atoms with Crippen LogP contribution in [0.2, 0.25) is 10.0 Å². The van der Waals surface area contributed by atoms with Crippen molar-refractivity contribution in [3.63, 3.8) is 0 Å². The Balaban J connectivity index is 1.60. The molecule has 0 unspecified atom stereocenters. The van der Waals surface area contributed by atoms with Gasteiger partial charge in [-0.15, -0.1) is 0 Å². The van der Waals surface area contributed by atoms with Gasteiger partial charge in [-0.05, 0) is 30.3 Å². The fourth-order valence-corrected chi connectivity index (χ4v) is 3.46. The molecule has 168 valence electrons. The highest BCUT2D eigenvalue weighted by atomic mass is 35.5. The van der Waals surface area contributed by atoms with Gasteiger partial charge in [0.1, 0.15) is 23.6 Å². The first-order valence-electron chi connectivity index (χ1n) is 9.73. The average molecular weight is 484 g/mol. The van der Waals surface area contributed by atoms with Gasteiger partial charge in [-0.3, -0.25) is 0 Å². The molecule has 0 spiro atoms. The largest absolute Gasteiger partial charge is 0.497 e. The number of carbonyl (C=O) groups is 1. The molecule has 2 amide bonds. The third-order valence-electron chi connectivity index (χ3n) is 4.70. The van der Waals surface area contributed by atoms with Crippen molar-refractivity contribution in [1.82, 2.24) is 9.97 Å². The molecule has 0 aliphatic heterocycles. The van der Waals surface area contributed by atoms with E-state index < -0.39 is 6.03 Å². The molecule has 3 N–H and O–H groups in total. The molecule has 1 aromatic heterocycles. The van der Waals surface area contributed by atoms with Crippen molar-refractivity contribution in [2.24, 2.45) is 0 Å². The Morgan fingerprint density at radius 1 is 0.848 bits per heavy atom. The van der Waals surface area contributed by atoms with Crippen molar-refractivity contribution in [2.75, 3.05) is 30.2 Å². The molecule has 4 rings (SSSR count). The van der Waals surface area contributed by atoms with Crippen LogP contribution in [0, 0.1) is 0 Å². The molecule has 8 nitrogen and oxygen atoms in total. The topological polar surface area (TPSA) is 97.4 Å². The highest BCUT2D eigenvalue weighted by molar-refractivity contribution is 6.42. The van der Waals surface area contributed by atoms with Crippen LogP contribution in [-0.2, 0) is 0 Å². The summed E-state index contributed by atoms with van der Waals surface area (Å²) in [5.74, 6) is 1.83. The summed E-state index contributed by atoms with van der Waals surface area (Å²) in [6.45, 7) is 0. The quantitative estimate of drug-likeness (QED) is 0.296. The Bertz CT molecular complexity index is 1310. The number of rotatable bonds is 6. The normalized spacial score (nSPS) is 10.5. The summed E-state index contributed by atoms with van der Waals surface area (Å²) in [6.07, 6.45) is 1.42. The molecule has 0 saturated carbocycles. The maximum absolute atomic E-state index is 12.6. The molecule has 0 aliphatic carbocycles. The predicted octanol–water partition coefficient (Wildman–Crippen LogP) is 6.34.